The number of benzene rings is 1. The summed E-state index contributed by atoms with van der Waals surface area (Å²) in [5.41, 5.74) is 2.11. The summed E-state index contributed by atoms with van der Waals surface area (Å²) >= 11 is 0. The molecule has 0 radical (unpaired) electrons. The van der Waals surface area contributed by atoms with Crippen LogP contribution in [0.2, 0.25) is 0 Å². The first-order valence-electron chi connectivity index (χ1n) is 10.2. The number of pyridine rings is 1. The van der Waals surface area contributed by atoms with Gasteiger partial charge in [0.25, 0.3) is 0 Å². The lowest BCUT2D eigenvalue weighted by molar-refractivity contribution is 0.170. The predicted octanol–water partition coefficient (Wildman–Crippen LogP) is 2.15. The molecule has 1 unspecified atom stereocenters. The molecule has 2 aromatic rings. The number of nitrogens with one attached hydrogen (secondary N) is 1. The van der Waals surface area contributed by atoms with Gasteiger partial charge in [-0.3, -0.25) is 14.8 Å². The number of piperazine rings is 1. The van der Waals surface area contributed by atoms with E-state index in [0.29, 0.717) is 12.6 Å². The molecule has 4 rings (SSSR count). The number of hydrogen-bond donors (Lipinski definition) is 1. The van der Waals surface area contributed by atoms with Crippen LogP contribution in [0.25, 0.3) is 0 Å². The molecule has 3 heterocycles. The molecule has 1 N–H and O–H groups in total. The fourth-order valence-electron chi connectivity index (χ4n) is 4.12. The summed E-state index contributed by atoms with van der Waals surface area (Å²) in [5.74, 6) is 1.79. The van der Waals surface area contributed by atoms with Crippen LogP contribution in [0, 0.1) is 0 Å². The maximum Gasteiger partial charge on any atom is 0.130 e. The van der Waals surface area contributed by atoms with E-state index in [-0.39, 0.29) is 0 Å². The fourth-order valence-corrected chi connectivity index (χ4v) is 4.12. The van der Waals surface area contributed by atoms with E-state index in [2.05, 4.69) is 26.2 Å². The van der Waals surface area contributed by atoms with Crippen LogP contribution in [0.4, 0.5) is 0 Å². The summed E-state index contributed by atoms with van der Waals surface area (Å²) in [5, 5.41) is 3.45. The van der Waals surface area contributed by atoms with Gasteiger partial charge in [0.1, 0.15) is 18.1 Å². The van der Waals surface area contributed by atoms with Crippen LogP contribution >= 0.6 is 0 Å². The zero-order valence-electron chi connectivity index (χ0n) is 16.6. The quantitative estimate of drug-likeness (QED) is 0.792. The van der Waals surface area contributed by atoms with Gasteiger partial charge in [0, 0.05) is 63.6 Å². The van der Waals surface area contributed by atoms with E-state index in [1.54, 1.807) is 13.3 Å². The third-order valence-electron chi connectivity index (χ3n) is 5.68. The molecule has 1 aromatic heterocycles. The Labute approximate surface area is 167 Å². The van der Waals surface area contributed by atoms with Crippen LogP contribution in [-0.4, -0.2) is 67.2 Å². The van der Waals surface area contributed by atoms with E-state index >= 15 is 0 Å². The molecule has 0 aliphatic carbocycles. The van der Waals surface area contributed by atoms with E-state index in [1.807, 2.05) is 30.3 Å². The van der Waals surface area contributed by atoms with Crippen LogP contribution < -0.4 is 14.8 Å². The first kappa shape index (κ1) is 19.2. The highest BCUT2D eigenvalue weighted by molar-refractivity contribution is 5.40. The van der Waals surface area contributed by atoms with E-state index in [0.717, 1.165) is 63.0 Å². The third-order valence-corrected chi connectivity index (χ3v) is 5.68. The van der Waals surface area contributed by atoms with Gasteiger partial charge in [-0.2, -0.15) is 0 Å². The van der Waals surface area contributed by atoms with Crippen LogP contribution in [0.3, 0.4) is 0 Å². The molecule has 0 saturated carbocycles. The minimum absolute atomic E-state index is 0.476. The molecule has 2 aliphatic rings. The van der Waals surface area contributed by atoms with Crippen molar-refractivity contribution in [3.8, 4) is 11.5 Å². The first-order valence-corrected chi connectivity index (χ1v) is 10.2. The summed E-state index contributed by atoms with van der Waals surface area (Å²) < 4.78 is 11.6. The maximum absolute atomic E-state index is 6.11. The molecule has 1 atom stereocenters. The minimum Gasteiger partial charge on any atom is -0.497 e. The van der Waals surface area contributed by atoms with Gasteiger partial charge in [-0.15, -0.1) is 0 Å². The van der Waals surface area contributed by atoms with Crippen LogP contribution in [-0.2, 0) is 13.2 Å². The summed E-state index contributed by atoms with van der Waals surface area (Å²) in [7, 11) is 1.71. The van der Waals surface area contributed by atoms with E-state index in [9.17, 15) is 0 Å². The van der Waals surface area contributed by atoms with E-state index in [4.69, 9.17) is 9.47 Å². The second kappa shape index (κ2) is 9.37. The van der Waals surface area contributed by atoms with Crippen molar-refractivity contribution in [3.63, 3.8) is 0 Å². The molecular formula is C22H30N4O2. The molecule has 6 nitrogen and oxygen atoms in total. The number of likely N-dealkylation sites (tertiary alicyclic amines) is 1. The van der Waals surface area contributed by atoms with Crippen molar-refractivity contribution in [1.82, 2.24) is 20.1 Å². The third kappa shape index (κ3) is 4.82. The van der Waals surface area contributed by atoms with Gasteiger partial charge in [-0.1, -0.05) is 6.07 Å². The Morgan fingerprint density at radius 3 is 2.82 bits per heavy atom. The van der Waals surface area contributed by atoms with E-state index in [1.165, 1.54) is 12.0 Å². The summed E-state index contributed by atoms with van der Waals surface area (Å²) in [6.45, 7) is 8.16. The maximum atomic E-state index is 6.11. The number of rotatable bonds is 7. The lowest BCUT2D eigenvalue weighted by Gasteiger charge is -2.32. The molecule has 0 bridgehead atoms. The smallest absolute Gasteiger partial charge is 0.130 e. The molecule has 2 aliphatic heterocycles. The van der Waals surface area contributed by atoms with Gasteiger partial charge >= 0.3 is 0 Å². The Morgan fingerprint density at radius 1 is 1.14 bits per heavy atom. The second-order valence-corrected chi connectivity index (χ2v) is 7.55. The summed E-state index contributed by atoms with van der Waals surface area (Å²) in [4.78, 5) is 9.53. The number of ether oxygens (including phenoxy) is 2. The van der Waals surface area contributed by atoms with Crippen molar-refractivity contribution in [2.24, 2.45) is 0 Å². The number of aromatic nitrogens is 1. The van der Waals surface area contributed by atoms with Crippen molar-refractivity contribution in [2.75, 3.05) is 46.4 Å². The normalized spacial score (nSPS) is 21.0. The van der Waals surface area contributed by atoms with Gasteiger partial charge < -0.3 is 14.8 Å². The average Bonchev–Trinajstić information content (AvgIpc) is 3.23. The predicted molar refractivity (Wildman–Crippen MR) is 110 cm³/mol. The Bertz CT molecular complexity index is 749. The molecule has 150 valence electrons. The molecule has 28 heavy (non-hydrogen) atoms. The zero-order chi connectivity index (χ0) is 19.2. The largest absolute Gasteiger partial charge is 0.497 e. The fraction of sp³-hybridized carbons (Fsp3) is 0.500. The van der Waals surface area contributed by atoms with Crippen molar-refractivity contribution in [1.29, 1.82) is 0 Å². The van der Waals surface area contributed by atoms with Crippen molar-refractivity contribution >= 4 is 0 Å². The van der Waals surface area contributed by atoms with Crippen LogP contribution in [0.5, 0.6) is 11.5 Å². The van der Waals surface area contributed by atoms with Crippen LogP contribution in [0.1, 0.15) is 17.7 Å². The van der Waals surface area contributed by atoms with Crippen molar-refractivity contribution in [3.05, 3.63) is 53.9 Å². The monoisotopic (exact) mass is 382 g/mol. The van der Waals surface area contributed by atoms with Gasteiger partial charge in [-0.05, 0) is 36.8 Å². The Kier molecular flexibility index (Phi) is 6.41. The highest BCUT2D eigenvalue weighted by Gasteiger charge is 2.28. The minimum atomic E-state index is 0.476. The van der Waals surface area contributed by atoms with Crippen molar-refractivity contribution < 1.29 is 9.47 Å². The highest BCUT2D eigenvalue weighted by atomic mass is 16.5. The van der Waals surface area contributed by atoms with Gasteiger partial charge in [0.2, 0.25) is 0 Å². The molecular weight excluding hydrogens is 352 g/mol. The van der Waals surface area contributed by atoms with E-state index < -0.39 is 0 Å². The Balaban J connectivity index is 1.41. The molecule has 2 fully saturated rings. The Hall–Kier alpha value is -2.15. The molecule has 1 aromatic carbocycles. The highest BCUT2D eigenvalue weighted by Crippen LogP contribution is 2.28. The van der Waals surface area contributed by atoms with Gasteiger partial charge in [0.05, 0.1) is 12.8 Å². The topological polar surface area (TPSA) is 49.9 Å². The summed E-state index contributed by atoms with van der Waals surface area (Å²) in [6, 6.07) is 12.6. The number of methoxy groups -OCH3 is 1. The standard InChI is InChI=1S/C22H30N4O2/c1-27-21-5-6-22(28-17-19-4-2-3-8-24-19)18(14-21)15-25-11-7-20(16-25)26-12-9-23-10-13-26/h2-6,8,14,20,23H,7,9-13,15-17H2,1H3. The van der Waals surface area contributed by atoms with Crippen LogP contribution in [0.15, 0.2) is 42.6 Å². The number of hydrogen-bond acceptors (Lipinski definition) is 6. The summed E-state index contributed by atoms with van der Waals surface area (Å²) in [6.07, 6.45) is 3.04. The molecule has 2 saturated heterocycles. The first-order chi connectivity index (χ1) is 13.8. The zero-order valence-corrected chi connectivity index (χ0v) is 16.6. The molecule has 6 heteroatoms. The lowest BCUT2D eigenvalue weighted by atomic mass is 10.1. The molecule has 0 amide bonds. The SMILES string of the molecule is COc1ccc(OCc2ccccn2)c(CN2CCC(N3CCNCC3)C2)c1. The van der Waals surface area contributed by atoms with Crippen molar-refractivity contribution in [2.45, 2.75) is 25.6 Å². The second-order valence-electron chi connectivity index (χ2n) is 7.55. The molecule has 0 spiro atoms. The lowest BCUT2D eigenvalue weighted by Crippen LogP contribution is -2.49. The average molecular weight is 383 g/mol. The Morgan fingerprint density at radius 2 is 2.04 bits per heavy atom. The van der Waals surface area contributed by atoms with Gasteiger partial charge in [-0.25, -0.2) is 0 Å². The van der Waals surface area contributed by atoms with Gasteiger partial charge in [0.15, 0.2) is 0 Å². The number of nitrogens with zero attached hydrogens (tertiary/aromatic N) is 3.